The molecule has 0 aliphatic rings. The van der Waals surface area contributed by atoms with E-state index in [0.717, 1.165) is 5.56 Å². The van der Waals surface area contributed by atoms with E-state index in [1.165, 1.54) is 17.0 Å². The van der Waals surface area contributed by atoms with Crippen LogP contribution in [-0.2, 0) is 11.3 Å². The minimum absolute atomic E-state index is 0.0407. The molecule has 3 aromatic rings. The van der Waals surface area contributed by atoms with Gasteiger partial charge in [-0.05, 0) is 42.8 Å². The molecular formula is C20H19ClFN3O3. The summed E-state index contributed by atoms with van der Waals surface area (Å²) in [5, 5.41) is 4.53. The Morgan fingerprint density at radius 1 is 1.25 bits per heavy atom. The molecule has 0 spiro atoms. The van der Waals surface area contributed by atoms with Crippen molar-refractivity contribution in [3.8, 4) is 17.1 Å². The van der Waals surface area contributed by atoms with Gasteiger partial charge in [-0.15, -0.1) is 0 Å². The fraction of sp³-hybridized carbons (Fsp3) is 0.250. The summed E-state index contributed by atoms with van der Waals surface area (Å²) in [6.45, 7) is 1.90. The quantitative estimate of drug-likeness (QED) is 0.586. The number of likely N-dealkylation sites (N-methyl/N-ethyl adjacent to an activating group) is 1. The number of carbonyl (C=O) groups is 1. The van der Waals surface area contributed by atoms with Crippen molar-refractivity contribution in [1.82, 2.24) is 15.0 Å². The van der Waals surface area contributed by atoms with Gasteiger partial charge in [-0.3, -0.25) is 4.79 Å². The second-order valence-corrected chi connectivity index (χ2v) is 6.59. The molecule has 0 bridgehead atoms. The van der Waals surface area contributed by atoms with Gasteiger partial charge in [0, 0.05) is 17.6 Å². The molecule has 0 saturated carbocycles. The predicted molar refractivity (Wildman–Crippen MR) is 102 cm³/mol. The van der Waals surface area contributed by atoms with Gasteiger partial charge in [0.2, 0.25) is 11.7 Å². The van der Waals surface area contributed by atoms with Gasteiger partial charge >= 0.3 is 0 Å². The first kappa shape index (κ1) is 19.8. The van der Waals surface area contributed by atoms with E-state index in [-0.39, 0.29) is 24.1 Å². The van der Waals surface area contributed by atoms with Crippen molar-refractivity contribution in [3.05, 3.63) is 65.3 Å². The predicted octanol–water partition coefficient (Wildman–Crippen LogP) is 4.35. The molecular weight excluding hydrogens is 385 g/mol. The molecule has 1 amide bonds. The number of benzene rings is 2. The van der Waals surface area contributed by atoms with Crippen LogP contribution in [0.4, 0.5) is 4.39 Å². The number of hydrogen-bond donors (Lipinski definition) is 0. The Bertz CT molecular complexity index is 946. The Hall–Kier alpha value is -2.93. The van der Waals surface area contributed by atoms with Gasteiger partial charge < -0.3 is 14.2 Å². The van der Waals surface area contributed by atoms with E-state index < -0.39 is 11.9 Å². The fourth-order valence-corrected chi connectivity index (χ4v) is 2.69. The molecule has 1 heterocycles. The minimum Gasteiger partial charge on any atom is -0.478 e. The van der Waals surface area contributed by atoms with Crippen LogP contribution in [0.25, 0.3) is 11.4 Å². The molecule has 0 unspecified atom stereocenters. The van der Waals surface area contributed by atoms with E-state index in [4.69, 9.17) is 20.9 Å². The third-order valence-electron chi connectivity index (χ3n) is 4.07. The summed E-state index contributed by atoms with van der Waals surface area (Å²) in [5.41, 5.74) is 0.753. The summed E-state index contributed by atoms with van der Waals surface area (Å²) in [4.78, 5) is 18.4. The van der Waals surface area contributed by atoms with Gasteiger partial charge in [0.1, 0.15) is 0 Å². The molecule has 0 fully saturated rings. The molecule has 2 aromatic carbocycles. The third-order valence-corrected chi connectivity index (χ3v) is 4.32. The summed E-state index contributed by atoms with van der Waals surface area (Å²) < 4.78 is 24.6. The largest absolute Gasteiger partial charge is 0.478 e. The number of hydrogen-bond acceptors (Lipinski definition) is 5. The van der Waals surface area contributed by atoms with E-state index >= 15 is 0 Å². The van der Waals surface area contributed by atoms with Crippen molar-refractivity contribution in [1.29, 1.82) is 0 Å². The summed E-state index contributed by atoms with van der Waals surface area (Å²) in [5.74, 6) is -0.0967. The Balaban J connectivity index is 1.66. The van der Waals surface area contributed by atoms with E-state index in [1.807, 2.05) is 0 Å². The number of ether oxygens (including phenoxy) is 1. The summed E-state index contributed by atoms with van der Waals surface area (Å²) >= 11 is 5.88. The van der Waals surface area contributed by atoms with E-state index in [2.05, 4.69) is 10.1 Å². The number of nitrogens with zero attached hydrogens (tertiary/aromatic N) is 3. The SMILES string of the molecule is CC[C@H](Oc1ccccc1F)C(=O)N(C)Cc1nc(-c2ccc(Cl)cc2)no1. The van der Waals surface area contributed by atoms with Gasteiger partial charge in [-0.2, -0.15) is 4.98 Å². The van der Waals surface area contributed by atoms with Crippen LogP contribution in [0.3, 0.4) is 0 Å². The first-order chi connectivity index (χ1) is 13.5. The second kappa shape index (κ2) is 8.84. The highest BCUT2D eigenvalue weighted by atomic mass is 35.5. The van der Waals surface area contributed by atoms with Crippen LogP contribution in [0.15, 0.2) is 53.1 Å². The number of para-hydroxylation sites is 1. The first-order valence-corrected chi connectivity index (χ1v) is 9.10. The number of carbonyl (C=O) groups excluding carboxylic acids is 1. The maximum absolute atomic E-state index is 13.8. The van der Waals surface area contributed by atoms with Crippen molar-refractivity contribution in [2.45, 2.75) is 26.0 Å². The second-order valence-electron chi connectivity index (χ2n) is 6.16. The van der Waals surface area contributed by atoms with Crippen LogP contribution in [0.2, 0.25) is 5.02 Å². The van der Waals surface area contributed by atoms with Crippen LogP contribution in [0, 0.1) is 5.82 Å². The molecule has 6 nitrogen and oxygen atoms in total. The maximum atomic E-state index is 13.8. The van der Waals surface area contributed by atoms with E-state index in [0.29, 0.717) is 17.3 Å². The zero-order valence-corrected chi connectivity index (χ0v) is 16.2. The van der Waals surface area contributed by atoms with Gasteiger partial charge in [-0.1, -0.05) is 35.8 Å². The van der Waals surface area contributed by atoms with Gasteiger partial charge in [0.15, 0.2) is 17.7 Å². The summed E-state index contributed by atoms with van der Waals surface area (Å²) in [7, 11) is 1.60. The smallest absolute Gasteiger partial charge is 0.263 e. The zero-order chi connectivity index (χ0) is 20.1. The fourth-order valence-electron chi connectivity index (χ4n) is 2.56. The van der Waals surface area contributed by atoms with Crippen LogP contribution in [-0.4, -0.2) is 34.1 Å². The van der Waals surface area contributed by atoms with Gasteiger partial charge in [0.25, 0.3) is 5.91 Å². The van der Waals surface area contributed by atoms with Crippen LogP contribution in [0.1, 0.15) is 19.2 Å². The molecule has 1 atom stereocenters. The van der Waals surface area contributed by atoms with Crippen LogP contribution in [0.5, 0.6) is 5.75 Å². The Labute approximate surface area is 166 Å². The van der Waals surface area contributed by atoms with Crippen molar-refractivity contribution in [2.24, 2.45) is 0 Å². The standard InChI is InChI=1S/C20H19ClFN3O3/c1-3-16(27-17-7-5-4-6-15(17)22)20(26)25(2)12-18-23-19(24-28-18)13-8-10-14(21)11-9-13/h4-11,16H,3,12H2,1-2H3/t16-/m0/s1. The lowest BCUT2D eigenvalue weighted by Crippen LogP contribution is -2.39. The number of amides is 1. The monoisotopic (exact) mass is 403 g/mol. The van der Waals surface area contributed by atoms with Crippen molar-refractivity contribution in [2.75, 3.05) is 7.05 Å². The molecule has 3 rings (SSSR count). The lowest BCUT2D eigenvalue weighted by atomic mass is 10.2. The van der Waals surface area contributed by atoms with Gasteiger partial charge in [-0.25, -0.2) is 4.39 Å². The zero-order valence-electron chi connectivity index (χ0n) is 15.4. The Morgan fingerprint density at radius 2 is 1.96 bits per heavy atom. The molecule has 0 radical (unpaired) electrons. The van der Waals surface area contributed by atoms with Crippen molar-refractivity contribution in [3.63, 3.8) is 0 Å². The third kappa shape index (κ3) is 4.67. The highest BCUT2D eigenvalue weighted by Gasteiger charge is 2.25. The van der Waals surface area contributed by atoms with Crippen molar-refractivity contribution < 1.29 is 18.4 Å². The van der Waals surface area contributed by atoms with E-state index in [1.54, 1.807) is 50.4 Å². The molecule has 0 aliphatic carbocycles. The lowest BCUT2D eigenvalue weighted by Gasteiger charge is -2.22. The molecule has 0 saturated heterocycles. The molecule has 0 N–H and O–H groups in total. The number of rotatable bonds is 7. The van der Waals surface area contributed by atoms with Crippen LogP contribution >= 0.6 is 11.6 Å². The van der Waals surface area contributed by atoms with E-state index in [9.17, 15) is 9.18 Å². The number of aromatic nitrogens is 2. The summed E-state index contributed by atoms with van der Waals surface area (Å²) in [6.07, 6.45) is -0.433. The average Bonchev–Trinajstić information content (AvgIpc) is 3.16. The van der Waals surface area contributed by atoms with Gasteiger partial charge in [0.05, 0.1) is 6.54 Å². The first-order valence-electron chi connectivity index (χ1n) is 8.72. The minimum atomic E-state index is -0.819. The lowest BCUT2D eigenvalue weighted by molar-refractivity contribution is -0.138. The topological polar surface area (TPSA) is 68.5 Å². The molecule has 0 aliphatic heterocycles. The molecule has 28 heavy (non-hydrogen) atoms. The Kier molecular flexibility index (Phi) is 6.26. The average molecular weight is 404 g/mol. The summed E-state index contributed by atoms with van der Waals surface area (Å²) in [6, 6.07) is 13.0. The van der Waals surface area contributed by atoms with Crippen LogP contribution < -0.4 is 4.74 Å². The highest BCUT2D eigenvalue weighted by Crippen LogP contribution is 2.21. The molecule has 1 aromatic heterocycles. The molecule has 146 valence electrons. The maximum Gasteiger partial charge on any atom is 0.263 e. The number of halogens is 2. The molecule has 8 heteroatoms. The highest BCUT2D eigenvalue weighted by molar-refractivity contribution is 6.30. The Morgan fingerprint density at radius 3 is 2.64 bits per heavy atom. The van der Waals surface area contributed by atoms with Crippen molar-refractivity contribution >= 4 is 17.5 Å². The normalized spacial score (nSPS) is 11.9.